The SMILES string of the molecule is C=C1CCC(=O)N1OC(=O)CCCCC. The molecule has 84 valence electrons. The van der Waals surface area contributed by atoms with E-state index in [1.807, 2.05) is 0 Å². The quantitative estimate of drug-likeness (QED) is 0.655. The first kappa shape index (κ1) is 11.8. The van der Waals surface area contributed by atoms with Gasteiger partial charge in [0.1, 0.15) is 0 Å². The van der Waals surface area contributed by atoms with Gasteiger partial charge >= 0.3 is 5.97 Å². The van der Waals surface area contributed by atoms with Crippen molar-refractivity contribution < 1.29 is 14.4 Å². The first-order valence-corrected chi connectivity index (χ1v) is 5.36. The molecular formula is C11H17NO3. The molecule has 0 radical (unpaired) electrons. The molecule has 0 N–H and O–H groups in total. The Bertz CT molecular complexity index is 257. The van der Waals surface area contributed by atoms with Crippen molar-refractivity contribution in [1.82, 2.24) is 5.06 Å². The number of hydrogen-bond acceptors (Lipinski definition) is 3. The highest BCUT2D eigenvalue weighted by molar-refractivity contribution is 5.82. The third kappa shape index (κ3) is 3.38. The van der Waals surface area contributed by atoms with Crippen LogP contribution in [-0.4, -0.2) is 16.9 Å². The van der Waals surface area contributed by atoms with E-state index in [1.54, 1.807) is 0 Å². The molecule has 1 saturated heterocycles. The molecule has 0 aliphatic carbocycles. The number of nitrogens with zero attached hydrogens (tertiary/aromatic N) is 1. The lowest BCUT2D eigenvalue weighted by atomic mass is 10.2. The Kier molecular flexibility index (Phi) is 4.34. The smallest absolute Gasteiger partial charge is 0.333 e. The Balaban J connectivity index is 2.31. The second kappa shape index (κ2) is 5.53. The highest BCUT2D eigenvalue weighted by Gasteiger charge is 2.27. The van der Waals surface area contributed by atoms with Crippen LogP contribution in [0.5, 0.6) is 0 Å². The van der Waals surface area contributed by atoms with Crippen LogP contribution in [0.15, 0.2) is 12.3 Å². The fourth-order valence-electron chi connectivity index (χ4n) is 1.41. The number of hydrogen-bond donors (Lipinski definition) is 0. The van der Waals surface area contributed by atoms with Crippen molar-refractivity contribution in [2.24, 2.45) is 0 Å². The van der Waals surface area contributed by atoms with Crippen LogP contribution in [0.3, 0.4) is 0 Å². The number of amides is 1. The van der Waals surface area contributed by atoms with Gasteiger partial charge in [-0.25, -0.2) is 4.79 Å². The molecule has 4 nitrogen and oxygen atoms in total. The van der Waals surface area contributed by atoms with Crippen molar-refractivity contribution in [2.75, 3.05) is 0 Å². The third-order valence-electron chi connectivity index (χ3n) is 2.32. The zero-order valence-corrected chi connectivity index (χ0v) is 9.12. The summed E-state index contributed by atoms with van der Waals surface area (Å²) in [6.45, 7) is 5.73. The summed E-state index contributed by atoms with van der Waals surface area (Å²) in [5.41, 5.74) is 0.573. The van der Waals surface area contributed by atoms with E-state index in [-0.39, 0.29) is 11.9 Å². The molecule has 1 amide bonds. The average molecular weight is 211 g/mol. The Morgan fingerprint density at radius 2 is 2.20 bits per heavy atom. The predicted molar refractivity (Wildman–Crippen MR) is 55.5 cm³/mol. The van der Waals surface area contributed by atoms with Crippen molar-refractivity contribution >= 4 is 11.9 Å². The number of rotatable bonds is 5. The first-order chi connectivity index (χ1) is 7.15. The average Bonchev–Trinajstić information content (AvgIpc) is 2.50. The zero-order chi connectivity index (χ0) is 11.3. The van der Waals surface area contributed by atoms with E-state index >= 15 is 0 Å². The zero-order valence-electron chi connectivity index (χ0n) is 9.12. The van der Waals surface area contributed by atoms with Crippen molar-refractivity contribution in [1.29, 1.82) is 0 Å². The lowest BCUT2D eigenvalue weighted by Gasteiger charge is -2.15. The van der Waals surface area contributed by atoms with Crippen molar-refractivity contribution in [3.8, 4) is 0 Å². The van der Waals surface area contributed by atoms with Gasteiger partial charge in [0.15, 0.2) is 0 Å². The third-order valence-corrected chi connectivity index (χ3v) is 2.32. The fourth-order valence-corrected chi connectivity index (χ4v) is 1.41. The topological polar surface area (TPSA) is 46.6 Å². The molecule has 0 aromatic heterocycles. The number of carbonyl (C=O) groups is 2. The van der Waals surface area contributed by atoms with E-state index in [2.05, 4.69) is 13.5 Å². The van der Waals surface area contributed by atoms with E-state index in [0.717, 1.165) is 24.3 Å². The van der Waals surface area contributed by atoms with E-state index in [1.165, 1.54) is 0 Å². The van der Waals surface area contributed by atoms with Gasteiger partial charge in [-0.2, -0.15) is 0 Å². The molecule has 0 aromatic carbocycles. The molecular weight excluding hydrogens is 194 g/mol. The van der Waals surface area contributed by atoms with Crippen molar-refractivity contribution in [2.45, 2.75) is 45.4 Å². The Labute approximate surface area is 89.8 Å². The lowest BCUT2D eigenvalue weighted by Crippen LogP contribution is -2.26. The largest absolute Gasteiger partial charge is 0.334 e. The molecule has 15 heavy (non-hydrogen) atoms. The summed E-state index contributed by atoms with van der Waals surface area (Å²) < 4.78 is 0. The maximum Gasteiger partial charge on any atom is 0.333 e. The molecule has 0 atom stereocenters. The summed E-state index contributed by atoms with van der Waals surface area (Å²) in [6, 6.07) is 0. The number of hydroxylamine groups is 2. The van der Waals surface area contributed by atoms with Gasteiger partial charge in [0.05, 0.1) is 5.70 Å². The molecule has 0 unspecified atom stereocenters. The number of carbonyl (C=O) groups excluding carboxylic acids is 2. The van der Waals surface area contributed by atoms with Gasteiger partial charge in [0.25, 0.3) is 5.91 Å². The lowest BCUT2D eigenvalue weighted by molar-refractivity contribution is -0.186. The van der Waals surface area contributed by atoms with Crippen LogP contribution >= 0.6 is 0 Å². The van der Waals surface area contributed by atoms with Crippen LogP contribution in [0.1, 0.15) is 45.4 Å². The van der Waals surface area contributed by atoms with Gasteiger partial charge in [0.2, 0.25) is 0 Å². The minimum atomic E-state index is -0.347. The van der Waals surface area contributed by atoms with Crippen molar-refractivity contribution in [3.63, 3.8) is 0 Å². The van der Waals surface area contributed by atoms with Gasteiger partial charge in [-0.05, 0) is 12.8 Å². The summed E-state index contributed by atoms with van der Waals surface area (Å²) >= 11 is 0. The van der Waals surface area contributed by atoms with Crippen LogP contribution in [0.2, 0.25) is 0 Å². The Morgan fingerprint density at radius 1 is 1.47 bits per heavy atom. The number of allylic oxidation sites excluding steroid dienone is 1. The second-order valence-corrected chi connectivity index (χ2v) is 3.67. The second-order valence-electron chi connectivity index (χ2n) is 3.67. The minimum absolute atomic E-state index is 0.177. The monoisotopic (exact) mass is 211 g/mol. The Hall–Kier alpha value is -1.32. The molecule has 1 aliphatic rings. The maximum atomic E-state index is 11.3. The first-order valence-electron chi connectivity index (χ1n) is 5.36. The maximum absolute atomic E-state index is 11.3. The summed E-state index contributed by atoms with van der Waals surface area (Å²) in [5.74, 6) is -0.524. The van der Waals surface area contributed by atoms with Crippen LogP contribution < -0.4 is 0 Å². The van der Waals surface area contributed by atoms with Crippen LogP contribution in [0.25, 0.3) is 0 Å². The highest BCUT2D eigenvalue weighted by atomic mass is 16.7. The molecule has 0 saturated carbocycles. The molecule has 0 spiro atoms. The number of unbranched alkanes of at least 4 members (excludes halogenated alkanes) is 2. The van der Waals surface area contributed by atoms with Crippen LogP contribution in [-0.2, 0) is 14.4 Å². The van der Waals surface area contributed by atoms with Gasteiger partial charge in [0, 0.05) is 12.8 Å². The fraction of sp³-hybridized carbons (Fsp3) is 0.636. The van der Waals surface area contributed by atoms with Gasteiger partial charge < -0.3 is 4.84 Å². The van der Waals surface area contributed by atoms with E-state index in [0.29, 0.717) is 25.0 Å². The Morgan fingerprint density at radius 3 is 2.73 bits per heavy atom. The highest BCUT2D eigenvalue weighted by Crippen LogP contribution is 2.21. The van der Waals surface area contributed by atoms with Crippen LogP contribution in [0.4, 0.5) is 0 Å². The predicted octanol–water partition coefficient (Wildman–Crippen LogP) is 2.16. The summed E-state index contributed by atoms with van der Waals surface area (Å²) in [7, 11) is 0. The summed E-state index contributed by atoms with van der Waals surface area (Å²) in [5, 5.41) is 1.04. The van der Waals surface area contributed by atoms with E-state index in [9.17, 15) is 9.59 Å². The molecule has 1 fully saturated rings. The molecule has 0 bridgehead atoms. The van der Waals surface area contributed by atoms with Crippen molar-refractivity contribution in [3.05, 3.63) is 12.3 Å². The van der Waals surface area contributed by atoms with E-state index in [4.69, 9.17) is 4.84 Å². The normalized spacial score (nSPS) is 15.9. The van der Waals surface area contributed by atoms with E-state index < -0.39 is 0 Å². The summed E-state index contributed by atoms with van der Waals surface area (Å²) in [6.07, 6.45) is 4.21. The molecule has 0 aromatic rings. The van der Waals surface area contributed by atoms with Gasteiger partial charge in [-0.15, -0.1) is 5.06 Å². The van der Waals surface area contributed by atoms with Gasteiger partial charge in [-0.1, -0.05) is 26.3 Å². The summed E-state index contributed by atoms with van der Waals surface area (Å²) in [4.78, 5) is 27.5. The minimum Gasteiger partial charge on any atom is -0.334 e. The van der Waals surface area contributed by atoms with Gasteiger partial charge in [-0.3, -0.25) is 4.79 Å². The molecule has 1 rings (SSSR count). The standard InChI is InChI=1S/C11H17NO3/c1-3-4-5-6-11(14)15-12-9(2)7-8-10(12)13/h2-8H2,1H3. The van der Waals surface area contributed by atoms with Crippen LogP contribution in [0, 0.1) is 0 Å². The molecule has 1 aliphatic heterocycles. The molecule has 4 heteroatoms. The molecule has 1 heterocycles.